The zero-order chi connectivity index (χ0) is 10.4. The van der Waals surface area contributed by atoms with E-state index < -0.39 is 0 Å². The second-order valence-electron chi connectivity index (χ2n) is 3.16. The van der Waals surface area contributed by atoms with E-state index in [-0.39, 0.29) is 5.91 Å². The number of anilines is 1. The number of nitrogens with zero attached hydrogens (tertiary/aromatic N) is 1. The number of carbonyl (C=O) groups excluding carboxylic acids is 1. The second kappa shape index (κ2) is 5.39. The summed E-state index contributed by atoms with van der Waals surface area (Å²) in [6.45, 7) is 5.13. The van der Waals surface area contributed by atoms with Crippen molar-refractivity contribution in [3.05, 3.63) is 11.8 Å². The maximum absolute atomic E-state index is 11.3. The Morgan fingerprint density at radius 3 is 3.00 bits per heavy atom. The lowest BCUT2D eigenvalue weighted by Crippen LogP contribution is -2.28. The van der Waals surface area contributed by atoms with Crippen LogP contribution in [0, 0.1) is 6.92 Å². The Bertz CT molecular complexity index is 295. The number of nitrogens with one attached hydrogen (secondary N) is 3. The van der Waals surface area contributed by atoms with Crippen LogP contribution in [0.25, 0.3) is 0 Å². The van der Waals surface area contributed by atoms with E-state index in [1.165, 1.54) is 0 Å². The topological polar surface area (TPSA) is 69.8 Å². The van der Waals surface area contributed by atoms with Gasteiger partial charge >= 0.3 is 0 Å². The number of aromatic amines is 1. The molecule has 1 amide bonds. The smallest absolute Gasteiger partial charge is 0.239 e. The molecule has 14 heavy (non-hydrogen) atoms. The van der Waals surface area contributed by atoms with Crippen LogP contribution in [-0.2, 0) is 4.79 Å². The first-order valence-electron chi connectivity index (χ1n) is 4.75. The molecule has 0 radical (unpaired) electrons. The van der Waals surface area contributed by atoms with Crippen molar-refractivity contribution in [2.45, 2.75) is 20.3 Å². The molecule has 0 atom stereocenters. The fraction of sp³-hybridized carbons (Fsp3) is 0.556. The number of hydrogen-bond donors (Lipinski definition) is 3. The van der Waals surface area contributed by atoms with Crippen LogP contribution >= 0.6 is 0 Å². The standard InChI is InChI=1S/C9H16N4O/c1-3-4-10-6-9(14)11-8-5-7(2)12-13-8/h5,10H,3-4,6H2,1-2H3,(H2,11,12,13,14). The number of rotatable bonds is 5. The Morgan fingerprint density at radius 2 is 2.43 bits per heavy atom. The fourth-order valence-electron chi connectivity index (χ4n) is 1.05. The van der Waals surface area contributed by atoms with Gasteiger partial charge in [-0.3, -0.25) is 9.89 Å². The number of aromatic nitrogens is 2. The minimum absolute atomic E-state index is 0.0649. The average Bonchev–Trinajstić information content (AvgIpc) is 2.52. The highest BCUT2D eigenvalue weighted by atomic mass is 16.2. The molecule has 0 aliphatic heterocycles. The Balaban J connectivity index is 2.27. The molecule has 0 aromatic carbocycles. The van der Waals surface area contributed by atoms with Crippen LogP contribution in [0.4, 0.5) is 5.82 Å². The van der Waals surface area contributed by atoms with Gasteiger partial charge in [-0.15, -0.1) is 0 Å². The van der Waals surface area contributed by atoms with Crippen molar-refractivity contribution >= 4 is 11.7 Å². The molecule has 3 N–H and O–H groups in total. The molecule has 0 saturated carbocycles. The van der Waals surface area contributed by atoms with Crippen molar-refractivity contribution in [3.8, 4) is 0 Å². The minimum Gasteiger partial charge on any atom is -0.308 e. The Labute approximate surface area is 83.3 Å². The van der Waals surface area contributed by atoms with Gasteiger partial charge in [-0.25, -0.2) is 0 Å². The van der Waals surface area contributed by atoms with Crippen LogP contribution in [0.15, 0.2) is 6.07 Å². The summed E-state index contributed by atoms with van der Waals surface area (Å²) in [6.07, 6.45) is 1.02. The molecule has 5 nitrogen and oxygen atoms in total. The molecule has 0 fully saturated rings. The van der Waals surface area contributed by atoms with Gasteiger partial charge in [-0.1, -0.05) is 6.92 Å². The summed E-state index contributed by atoms with van der Waals surface area (Å²) < 4.78 is 0. The summed E-state index contributed by atoms with van der Waals surface area (Å²) in [5, 5.41) is 12.3. The maximum Gasteiger partial charge on any atom is 0.239 e. The van der Waals surface area contributed by atoms with E-state index in [9.17, 15) is 4.79 Å². The molecule has 0 bridgehead atoms. The van der Waals surface area contributed by atoms with E-state index in [4.69, 9.17) is 0 Å². The number of hydrogen-bond acceptors (Lipinski definition) is 3. The average molecular weight is 196 g/mol. The van der Waals surface area contributed by atoms with Gasteiger partial charge in [0.1, 0.15) is 0 Å². The van der Waals surface area contributed by atoms with Crippen molar-refractivity contribution < 1.29 is 4.79 Å². The van der Waals surface area contributed by atoms with E-state index >= 15 is 0 Å². The Kier molecular flexibility index (Phi) is 4.12. The zero-order valence-electron chi connectivity index (χ0n) is 8.55. The lowest BCUT2D eigenvalue weighted by molar-refractivity contribution is -0.115. The maximum atomic E-state index is 11.3. The Morgan fingerprint density at radius 1 is 1.64 bits per heavy atom. The van der Waals surface area contributed by atoms with Crippen LogP contribution in [0.5, 0.6) is 0 Å². The molecule has 0 aliphatic carbocycles. The molecule has 0 saturated heterocycles. The normalized spacial score (nSPS) is 10.1. The van der Waals surface area contributed by atoms with Crippen molar-refractivity contribution in [2.75, 3.05) is 18.4 Å². The lowest BCUT2D eigenvalue weighted by atomic mass is 10.4. The van der Waals surface area contributed by atoms with Crippen molar-refractivity contribution in [1.82, 2.24) is 15.5 Å². The van der Waals surface area contributed by atoms with Gasteiger partial charge in [0.25, 0.3) is 0 Å². The van der Waals surface area contributed by atoms with E-state index in [1.54, 1.807) is 6.07 Å². The molecular weight excluding hydrogens is 180 g/mol. The Hall–Kier alpha value is -1.36. The third-order valence-corrected chi connectivity index (χ3v) is 1.69. The highest BCUT2D eigenvalue weighted by Gasteiger charge is 2.03. The molecule has 78 valence electrons. The molecule has 1 aromatic heterocycles. The van der Waals surface area contributed by atoms with Gasteiger partial charge in [-0.2, -0.15) is 5.10 Å². The van der Waals surface area contributed by atoms with E-state index in [0.29, 0.717) is 12.4 Å². The van der Waals surface area contributed by atoms with Crippen molar-refractivity contribution in [2.24, 2.45) is 0 Å². The third kappa shape index (κ3) is 3.57. The van der Waals surface area contributed by atoms with Crippen LogP contribution in [-0.4, -0.2) is 29.2 Å². The highest BCUT2D eigenvalue weighted by Crippen LogP contribution is 2.02. The van der Waals surface area contributed by atoms with Gasteiger partial charge in [0, 0.05) is 11.8 Å². The minimum atomic E-state index is -0.0649. The van der Waals surface area contributed by atoms with E-state index in [2.05, 4.69) is 27.8 Å². The van der Waals surface area contributed by atoms with Gasteiger partial charge in [-0.05, 0) is 19.9 Å². The number of H-pyrrole nitrogens is 1. The van der Waals surface area contributed by atoms with E-state index in [0.717, 1.165) is 18.7 Å². The summed E-state index contributed by atoms with van der Waals surface area (Å²) >= 11 is 0. The van der Waals surface area contributed by atoms with Crippen molar-refractivity contribution in [3.63, 3.8) is 0 Å². The summed E-state index contributed by atoms with van der Waals surface area (Å²) in [6, 6.07) is 1.79. The lowest BCUT2D eigenvalue weighted by Gasteiger charge is -2.02. The van der Waals surface area contributed by atoms with Gasteiger partial charge in [0.15, 0.2) is 5.82 Å². The highest BCUT2D eigenvalue weighted by molar-refractivity contribution is 5.91. The summed E-state index contributed by atoms with van der Waals surface area (Å²) in [5.41, 5.74) is 0.932. The predicted molar refractivity (Wildman–Crippen MR) is 55.1 cm³/mol. The molecule has 5 heteroatoms. The number of aryl methyl sites for hydroxylation is 1. The zero-order valence-corrected chi connectivity index (χ0v) is 8.55. The molecule has 1 heterocycles. The van der Waals surface area contributed by atoms with Crippen LogP contribution in [0.1, 0.15) is 19.0 Å². The second-order valence-corrected chi connectivity index (χ2v) is 3.16. The molecular formula is C9H16N4O. The number of amides is 1. The summed E-state index contributed by atoms with van der Waals surface area (Å²) in [5.74, 6) is 0.510. The predicted octanol–water partition coefficient (Wildman–Crippen LogP) is 0.656. The van der Waals surface area contributed by atoms with Crippen molar-refractivity contribution in [1.29, 1.82) is 0 Å². The summed E-state index contributed by atoms with van der Waals surface area (Å²) in [7, 11) is 0. The SMILES string of the molecule is CCCNCC(=O)Nc1cc(C)[nH]n1. The van der Waals surface area contributed by atoms with Gasteiger partial charge in [0.2, 0.25) is 5.91 Å². The van der Waals surface area contributed by atoms with E-state index in [1.807, 2.05) is 6.92 Å². The first kappa shape index (κ1) is 10.7. The largest absolute Gasteiger partial charge is 0.308 e. The van der Waals surface area contributed by atoms with Crippen LogP contribution in [0.3, 0.4) is 0 Å². The third-order valence-electron chi connectivity index (χ3n) is 1.69. The van der Waals surface area contributed by atoms with Gasteiger partial charge in [0.05, 0.1) is 6.54 Å². The molecule has 0 unspecified atom stereocenters. The first-order chi connectivity index (χ1) is 6.72. The number of carbonyl (C=O) groups is 1. The molecule has 0 aliphatic rings. The molecule has 0 spiro atoms. The first-order valence-corrected chi connectivity index (χ1v) is 4.75. The van der Waals surface area contributed by atoms with Crippen LogP contribution in [0.2, 0.25) is 0 Å². The summed E-state index contributed by atoms with van der Waals surface area (Å²) in [4.78, 5) is 11.3. The fourth-order valence-corrected chi connectivity index (χ4v) is 1.05. The van der Waals surface area contributed by atoms with Crippen LogP contribution < -0.4 is 10.6 Å². The molecule has 1 aromatic rings. The monoisotopic (exact) mass is 196 g/mol. The van der Waals surface area contributed by atoms with Gasteiger partial charge < -0.3 is 10.6 Å². The molecule has 1 rings (SSSR count). The quantitative estimate of drug-likeness (QED) is 0.606.